The van der Waals surface area contributed by atoms with Crippen molar-refractivity contribution in [2.24, 2.45) is 15.9 Å². The van der Waals surface area contributed by atoms with Crippen molar-refractivity contribution in [1.29, 1.82) is 0 Å². The molecular formula is C20H18ClN3OS. The van der Waals surface area contributed by atoms with Gasteiger partial charge in [-0.05, 0) is 29.7 Å². The third-order valence-corrected chi connectivity index (χ3v) is 5.80. The topological polar surface area (TPSA) is 45.0 Å². The normalized spacial score (nSPS) is 18.5. The third kappa shape index (κ3) is 2.95. The maximum Gasteiger partial charge on any atom is 0.259 e. The number of amidine groups is 2. The third-order valence-electron chi connectivity index (χ3n) is 4.44. The van der Waals surface area contributed by atoms with Crippen molar-refractivity contribution in [2.75, 3.05) is 0 Å². The summed E-state index contributed by atoms with van der Waals surface area (Å²) >= 11 is 7.78. The molecule has 0 aromatic heterocycles. The molecule has 2 aliphatic rings. The summed E-state index contributed by atoms with van der Waals surface area (Å²) in [6.45, 7) is 4.04. The molecule has 4 nitrogen and oxygen atoms in total. The molecule has 0 fully saturated rings. The molecule has 2 aliphatic heterocycles. The van der Waals surface area contributed by atoms with Gasteiger partial charge in [-0.25, -0.2) is 9.89 Å². The van der Waals surface area contributed by atoms with E-state index in [9.17, 15) is 4.79 Å². The first-order valence-electron chi connectivity index (χ1n) is 8.52. The first-order chi connectivity index (χ1) is 12.6. The lowest BCUT2D eigenvalue weighted by Crippen LogP contribution is -2.41. The minimum Gasteiger partial charge on any atom is -0.271 e. The highest BCUT2D eigenvalue weighted by Gasteiger charge is 2.42. The van der Waals surface area contributed by atoms with E-state index in [1.165, 1.54) is 11.8 Å². The Morgan fingerprint density at radius 3 is 2.65 bits per heavy atom. The van der Waals surface area contributed by atoms with Crippen molar-refractivity contribution in [3.05, 3.63) is 64.7 Å². The molecule has 0 N–H and O–H groups in total. The van der Waals surface area contributed by atoms with Crippen LogP contribution in [0.1, 0.15) is 25.0 Å². The van der Waals surface area contributed by atoms with E-state index in [0.29, 0.717) is 16.8 Å². The van der Waals surface area contributed by atoms with Crippen LogP contribution >= 0.6 is 23.4 Å². The van der Waals surface area contributed by atoms with Crippen molar-refractivity contribution in [3.8, 4) is 0 Å². The number of carbonyl (C=O) groups excluding carboxylic acids is 1. The van der Waals surface area contributed by atoms with E-state index in [0.717, 1.165) is 21.8 Å². The van der Waals surface area contributed by atoms with E-state index in [1.807, 2.05) is 62.4 Å². The molecule has 0 spiro atoms. The van der Waals surface area contributed by atoms with Gasteiger partial charge in [0, 0.05) is 16.3 Å². The van der Waals surface area contributed by atoms with Crippen LogP contribution in [0.3, 0.4) is 0 Å². The quantitative estimate of drug-likeness (QED) is 0.757. The minimum atomic E-state index is -0.359. The van der Waals surface area contributed by atoms with Crippen molar-refractivity contribution < 1.29 is 4.79 Å². The summed E-state index contributed by atoms with van der Waals surface area (Å²) in [5.74, 6) is 1.49. The van der Waals surface area contributed by atoms with Gasteiger partial charge in [0.25, 0.3) is 5.91 Å². The Labute approximate surface area is 162 Å². The van der Waals surface area contributed by atoms with Gasteiger partial charge in [-0.15, -0.1) is 0 Å². The maximum absolute atomic E-state index is 13.0. The van der Waals surface area contributed by atoms with Crippen LogP contribution in [0.25, 0.3) is 0 Å². The summed E-state index contributed by atoms with van der Waals surface area (Å²) in [4.78, 5) is 24.1. The van der Waals surface area contributed by atoms with Crippen LogP contribution < -0.4 is 0 Å². The number of rotatable bonds is 3. The monoisotopic (exact) mass is 383 g/mol. The molecule has 2 aromatic rings. The van der Waals surface area contributed by atoms with E-state index < -0.39 is 0 Å². The molecule has 4 rings (SSSR count). The van der Waals surface area contributed by atoms with Crippen molar-refractivity contribution in [1.82, 2.24) is 4.90 Å². The Bertz CT molecular complexity index is 938. The molecule has 1 amide bonds. The fourth-order valence-electron chi connectivity index (χ4n) is 3.06. The van der Waals surface area contributed by atoms with Crippen LogP contribution in [-0.2, 0) is 10.5 Å². The number of benzene rings is 2. The van der Waals surface area contributed by atoms with Gasteiger partial charge in [0.15, 0.2) is 5.17 Å². The zero-order valence-electron chi connectivity index (χ0n) is 14.5. The van der Waals surface area contributed by atoms with Crippen molar-refractivity contribution >= 4 is 46.0 Å². The number of amides is 1. The molecule has 1 atom stereocenters. The van der Waals surface area contributed by atoms with Gasteiger partial charge in [0.2, 0.25) is 0 Å². The number of para-hydroxylation sites is 1. The molecule has 0 bridgehead atoms. The zero-order chi connectivity index (χ0) is 18.3. The number of aliphatic imine (C=N–C) groups is 2. The van der Waals surface area contributed by atoms with E-state index >= 15 is 0 Å². The Balaban J connectivity index is 1.71. The standard InChI is InChI=1S/C20H18ClN3OS/c1-12(2)17-19(25)24-18(23-17)14-8-4-6-10-16(14)22-20(24)26-11-13-7-3-5-9-15(13)21/h3-10,12,17H,11H2,1-2H3/t17-/m1/s1. The predicted octanol–water partition coefficient (Wildman–Crippen LogP) is 4.89. The molecule has 2 heterocycles. The zero-order valence-corrected chi connectivity index (χ0v) is 16.1. The summed E-state index contributed by atoms with van der Waals surface area (Å²) in [5, 5.41) is 1.38. The number of hydrogen-bond acceptors (Lipinski definition) is 4. The number of carbonyl (C=O) groups is 1. The van der Waals surface area contributed by atoms with Crippen LogP contribution in [0, 0.1) is 5.92 Å². The highest BCUT2D eigenvalue weighted by atomic mass is 35.5. The summed E-state index contributed by atoms with van der Waals surface area (Å²) < 4.78 is 0. The molecular weight excluding hydrogens is 366 g/mol. The molecule has 0 aliphatic carbocycles. The second-order valence-corrected chi connectivity index (χ2v) is 7.96. The molecule has 6 heteroatoms. The largest absolute Gasteiger partial charge is 0.271 e. The van der Waals surface area contributed by atoms with Gasteiger partial charge in [-0.3, -0.25) is 9.79 Å². The molecule has 0 saturated heterocycles. The maximum atomic E-state index is 13.0. The van der Waals surface area contributed by atoms with Crippen molar-refractivity contribution in [2.45, 2.75) is 25.6 Å². The SMILES string of the molecule is CC(C)[C@H]1N=C2c3ccccc3N=C(SCc3ccccc3Cl)N2C1=O. The first-order valence-corrected chi connectivity index (χ1v) is 9.88. The van der Waals surface area contributed by atoms with E-state index in [1.54, 1.807) is 4.90 Å². The lowest BCUT2D eigenvalue weighted by atomic mass is 10.1. The fraction of sp³-hybridized carbons (Fsp3) is 0.250. The highest BCUT2D eigenvalue weighted by molar-refractivity contribution is 8.13. The second-order valence-electron chi connectivity index (χ2n) is 6.61. The first kappa shape index (κ1) is 17.3. The number of nitrogens with zero attached hydrogens (tertiary/aromatic N) is 3. The average Bonchev–Trinajstić information content (AvgIpc) is 2.99. The van der Waals surface area contributed by atoms with Crippen LogP contribution in [-0.4, -0.2) is 27.9 Å². The van der Waals surface area contributed by atoms with E-state index in [2.05, 4.69) is 0 Å². The van der Waals surface area contributed by atoms with Crippen molar-refractivity contribution in [3.63, 3.8) is 0 Å². The lowest BCUT2D eigenvalue weighted by Gasteiger charge is -2.25. The van der Waals surface area contributed by atoms with Crippen LogP contribution in [0.15, 0.2) is 58.5 Å². The number of thioether (sulfide) groups is 1. The van der Waals surface area contributed by atoms with Crippen LogP contribution in [0.4, 0.5) is 5.69 Å². The van der Waals surface area contributed by atoms with Gasteiger partial charge in [0.1, 0.15) is 11.9 Å². The molecule has 132 valence electrons. The Morgan fingerprint density at radius 1 is 1.15 bits per heavy atom. The number of hydrogen-bond donors (Lipinski definition) is 0. The van der Waals surface area contributed by atoms with Gasteiger partial charge in [-0.2, -0.15) is 0 Å². The summed E-state index contributed by atoms with van der Waals surface area (Å²) in [6.07, 6.45) is 0. The molecule has 0 radical (unpaired) electrons. The Morgan fingerprint density at radius 2 is 1.88 bits per heavy atom. The molecule has 26 heavy (non-hydrogen) atoms. The molecule has 2 aromatic carbocycles. The summed E-state index contributed by atoms with van der Waals surface area (Å²) in [6, 6.07) is 15.2. The average molecular weight is 384 g/mol. The number of halogens is 1. The molecule has 0 unspecified atom stereocenters. The van der Waals surface area contributed by atoms with Gasteiger partial charge in [0.05, 0.1) is 5.69 Å². The second kappa shape index (κ2) is 6.89. The van der Waals surface area contributed by atoms with Gasteiger partial charge >= 0.3 is 0 Å². The highest BCUT2D eigenvalue weighted by Crippen LogP contribution is 2.36. The Hall–Kier alpha value is -2.11. The Kier molecular flexibility index (Phi) is 4.59. The molecule has 0 saturated carbocycles. The van der Waals surface area contributed by atoms with E-state index in [-0.39, 0.29) is 17.9 Å². The summed E-state index contributed by atoms with van der Waals surface area (Å²) in [5.41, 5.74) is 2.78. The lowest BCUT2D eigenvalue weighted by molar-refractivity contribution is -0.125. The van der Waals surface area contributed by atoms with Gasteiger partial charge in [-0.1, -0.05) is 67.5 Å². The van der Waals surface area contributed by atoms with E-state index in [4.69, 9.17) is 21.6 Å². The minimum absolute atomic E-state index is 0.00471. The van der Waals surface area contributed by atoms with Gasteiger partial charge < -0.3 is 0 Å². The predicted molar refractivity (Wildman–Crippen MR) is 108 cm³/mol. The smallest absolute Gasteiger partial charge is 0.259 e. The van der Waals surface area contributed by atoms with Crippen LogP contribution in [0.5, 0.6) is 0 Å². The summed E-state index contributed by atoms with van der Waals surface area (Å²) in [7, 11) is 0. The van der Waals surface area contributed by atoms with Crippen LogP contribution in [0.2, 0.25) is 5.02 Å². The fourth-order valence-corrected chi connectivity index (χ4v) is 4.34. The number of fused-ring (bicyclic) bond motifs is 3.